The lowest BCUT2D eigenvalue weighted by atomic mass is 10.2. The predicted molar refractivity (Wildman–Crippen MR) is 81.6 cm³/mol. The number of nitro groups is 1. The summed E-state index contributed by atoms with van der Waals surface area (Å²) < 4.78 is 9.62. The topological polar surface area (TPSA) is 78.7 Å². The summed E-state index contributed by atoms with van der Waals surface area (Å²) in [6.45, 7) is 0. The number of nitro benzene ring substituents is 1. The van der Waals surface area contributed by atoms with E-state index in [-0.39, 0.29) is 11.3 Å². The molecule has 2 aromatic rings. The minimum Gasteiger partial charge on any atom is -0.497 e. The van der Waals surface area contributed by atoms with Gasteiger partial charge in [0, 0.05) is 15.9 Å². The van der Waals surface area contributed by atoms with E-state index < -0.39 is 10.9 Å². The Kier molecular flexibility index (Phi) is 5.00. The molecule has 22 heavy (non-hydrogen) atoms. The number of nitrogens with zero attached hydrogens (tertiary/aromatic N) is 1. The van der Waals surface area contributed by atoms with Crippen molar-refractivity contribution in [2.75, 3.05) is 14.2 Å². The van der Waals surface area contributed by atoms with Crippen molar-refractivity contribution in [2.24, 2.45) is 0 Å². The second-order valence-electron chi connectivity index (χ2n) is 4.21. The number of hydrogen-bond acceptors (Lipinski definition) is 6. The summed E-state index contributed by atoms with van der Waals surface area (Å²) in [4.78, 5) is 23.6. The first-order valence-electron chi connectivity index (χ1n) is 6.24. The third kappa shape index (κ3) is 3.56. The number of rotatable bonds is 5. The van der Waals surface area contributed by atoms with Gasteiger partial charge in [-0.2, -0.15) is 0 Å². The van der Waals surface area contributed by atoms with Crippen LogP contribution in [-0.2, 0) is 4.74 Å². The number of benzene rings is 2. The van der Waals surface area contributed by atoms with Crippen LogP contribution in [0.15, 0.2) is 52.3 Å². The monoisotopic (exact) mass is 319 g/mol. The van der Waals surface area contributed by atoms with Gasteiger partial charge in [-0.15, -0.1) is 0 Å². The molecule has 2 aromatic carbocycles. The zero-order valence-corrected chi connectivity index (χ0v) is 12.8. The van der Waals surface area contributed by atoms with Gasteiger partial charge in [0.15, 0.2) is 0 Å². The average molecular weight is 319 g/mol. The molecule has 0 fully saturated rings. The number of esters is 1. The predicted octanol–water partition coefficient (Wildman–Crippen LogP) is 3.54. The van der Waals surface area contributed by atoms with E-state index in [2.05, 4.69) is 4.74 Å². The van der Waals surface area contributed by atoms with Crippen LogP contribution >= 0.6 is 11.8 Å². The lowest BCUT2D eigenvalue weighted by Crippen LogP contribution is -2.05. The second kappa shape index (κ2) is 6.95. The molecule has 0 saturated carbocycles. The van der Waals surface area contributed by atoms with Crippen molar-refractivity contribution in [1.82, 2.24) is 0 Å². The standard InChI is InChI=1S/C15H13NO5S/c1-20-10-3-5-11(6-4-10)22-12-7-8-13(15(17)21-2)14(9-12)16(18)19/h3-9H,1-2H3. The first kappa shape index (κ1) is 15.8. The molecular formula is C15H13NO5S. The highest BCUT2D eigenvalue weighted by atomic mass is 32.2. The van der Waals surface area contributed by atoms with Crippen LogP contribution in [0.4, 0.5) is 5.69 Å². The zero-order valence-electron chi connectivity index (χ0n) is 11.9. The van der Waals surface area contributed by atoms with Crippen LogP contribution < -0.4 is 4.74 Å². The Morgan fingerprint density at radius 1 is 1.09 bits per heavy atom. The molecule has 0 saturated heterocycles. The number of methoxy groups -OCH3 is 2. The van der Waals surface area contributed by atoms with Gasteiger partial charge in [0.1, 0.15) is 11.3 Å². The molecule has 0 heterocycles. The van der Waals surface area contributed by atoms with Gasteiger partial charge < -0.3 is 9.47 Å². The van der Waals surface area contributed by atoms with Crippen molar-refractivity contribution in [1.29, 1.82) is 0 Å². The molecule has 0 aliphatic rings. The minimum atomic E-state index is -0.729. The Balaban J connectivity index is 2.29. The highest BCUT2D eigenvalue weighted by Crippen LogP contribution is 2.32. The maximum atomic E-state index is 11.5. The van der Waals surface area contributed by atoms with Gasteiger partial charge in [0.05, 0.1) is 19.1 Å². The fourth-order valence-corrected chi connectivity index (χ4v) is 2.64. The molecule has 0 aromatic heterocycles. The van der Waals surface area contributed by atoms with E-state index in [1.807, 2.05) is 12.1 Å². The summed E-state index contributed by atoms with van der Waals surface area (Å²) >= 11 is 1.35. The molecule has 0 spiro atoms. The lowest BCUT2D eigenvalue weighted by molar-refractivity contribution is -0.385. The number of carbonyl (C=O) groups is 1. The number of hydrogen-bond donors (Lipinski definition) is 0. The summed E-state index contributed by atoms with van der Waals surface area (Å²) in [6, 6.07) is 11.7. The lowest BCUT2D eigenvalue weighted by Gasteiger charge is -2.05. The van der Waals surface area contributed by atoms with Gasteiger partial charge in [-0.05, 0) is 36.4 Å². The second-order valence-corrected chi connectivity index (χ2v) is 5.35. The Hall–Kier alpha value is -2.54. The van der Waals surface area contributed by atoms with Crippen LogP contribution in [-0.4, -0.2) is 25.1 Å². The van der Waals surface area contributed by atoms with E-state index in [9.17, 15) is 14.9 Å². The van der Waals surface area contributed by atoms with E-state index >= 15 is 0 Å². The summed E-state index contributed by atoms with van der Waals surface area (Å²) in [5, 5.41) is 11.1. The Morgan fingerprint density at radius 3 is 2.27 bits per heavy atom. The summed E-state index contributed by atoms with van der Waals surface area (Å²) in [5.41, 5.74) is -0.336. The third-order valence-corrected chi connectivity index (χ3v) is 3.86. The zero-order chi connectivity index (χ0) is 16.1. The highest BCUT2D eigenvalue weighted by molar-refractivity contribution is 7.99. The van der Waals surface area contributed by atoms with Crippen molar-refractivity contribution in [3.63, 3.8) is 0 Å². The van der Waals surface area contributed by atoms with Crippen LogP contribution in [0.3, 0.4) is 0 Å². The van der Waals surface area contributed by atoms with Gasteiger partial charge in [0.2, 0.25) is 0 Å². The fourth-order valence-electron chi connectivity index (χ4n) is 1.79. The smallest absolute Gasteiger partial charge is 0.344 e. The largest absolute Gasteiger partial charge is 0.497 e. The molecule has 7 heteroatoms. The van der Waals surface area contributed by atoms with Crippen molar-refractivity contribution >= 4 is 23.4 Å². The van der Waals surface area contributed by atoms with Crippen LogP contribution in [0.2, 0.25) is 0 Å². The first-order chi connectivity index (χ1) is 10.5. The Bertz CT molecular complexity index is 700. The molecule has 0 atom stereocenters. The molecule has 0 amide bonds. The van der Waals surface area contributed by atoms with Gasteiger partial charge in [0.25, 0.3) is 5.69 Å². The molecule has 0 unspecified atom stereocenters. The van der Waals surface area contributed by atoms with E-state index in [1.54, 1.807) is 25.3 Å². The first-order valence-corrected chi connectivity index (χ1v) is 7.05. The molecule has 114 valence electrons. The number of carbonyl (C=O) groups excluding carboxylic acids is 1. The molecule has 2 rings (SSSR count). The van der Waals surface area contributed by atoms with Crippen molar-refractivity contribution < 1.29 is 19.2 Å². The van der Waals surface area contributed by atoms with E-state index in [4.69, 9.17) is 4.74 Å². The summed E-state index contributed by atoms with van der Waals surface area (Å²) in [5.74, 6) is 0.00377. The molecule has 0 bridgehead atoms. The number of ether oxygens (including phenoxy) is 2. The maximum absolute atomic E-state index is 11.5. The van der Waals surface area contributed by atoms with Crippen LogP contribution in [0, 0.1) is 10.1 Å². The van der Waals surface area contributed by atoms with Crippen molar-refractivity contribution in [3.05, 3.63) is 58.1 Å². The van der Waals surface area contributed by atoms with Gasteiger partial charge in [-0.25, -0.2) is 4.79 Å². The molecule has 6 nitrogen and oxygen atoms in total. The van der Waals surface area contributed by atoms with Crippen molar-refractivity contribution in [3.8, 4) is 5.75 Å². The van der Waals surface area contributed by atoms with Gasteiger partial charge >= 0.3 is 5.97 Å². The fraction of sp³-hybridized carbons (Fsp3) is 0.133. The molecule has 0 radical (unpaired) electrons. The molecule has 0 aliphatic carbocycles. The minimum absolute atomic E-state index is 0.0634. The quantitative estimate of drug-likeness (QED) is 0.476. The van der Waals surface area contributed by atoms with Crippen LogP contribution in [0.25, 0.3) is 0 Å². The maximum Gasteiger partial charge on any atom is 0.344 e. The van der Waals surface area contributed by atoms with E-state index in [0.29, 0.717) is 4.90 Å². The SMILES string of the molecule is COC(=O)c1ccc(Sc2ccc(OC)cc2)cc1[N+](=O)[O-]. The van der Waals surface area contributed by atoms with Crippen LogP contribution in [0.5, 0.6) is 5.75 Å². The van der Waals surface area contributed by atoms with E-state index in [1.165, 1.54) is 31.0 Å². The molecule has 0 aliphatic heterocycles. The van der Waals surface area contributed by atoms with Gasteiger partial charge in [-0.1, -0.05) is 11.8 Å². The van der Waals surface area contributed by atoms with Gasteiger partial charge in [-0.3, -0.25) is 10.1 Å². The normalized spacial score (nSPS) is 10.1. The summed E-state index contributed by atoms with van der Waals surface area (Å²) in [6.07, 6.45) is 0. The third-order valence-electron chi connectivity index (χ3n) is 2.87. The average Bonchev–Trinajstić information content (AvgIpc) is 2.54. The Morgan fingerprint density at radius 2 is 1.73 bits per heavy atom. The molecule has 0 N–H and O–H groups in total. The highest BCUT2D eigenvalue weighted by Gasteiger charge is 2.21. The van der Waals surface area contributed by atoms with Crippen LogP contribution in [0.1, 0.15) is 10.4 Å². The molecular weight excluding hydrogens is 306 g/mol. The summed E-state index contributed by atoms with van der Waals surface area (Å²) in [7, 11) is 2.77. The Labute approximate surface area is 131 Å². The van der Waals surface area contributed by atoms with E-state index in [0.717, 1.165) is 10.6 Å². The van der Waals surface area contributed by atoms with Crippen molar-refractivity contribution in [2.45, 2.75) is 9.79 Å².